The predicted molar refractivity (Wildman–Crippen MR) is 67.0 cm³/mol. The number of carbonyl (C=O) groups is 1. The van der Waals surface area contributed by atoms with E-state index in [0.717, 1.165) is 17.5 Å². The summed E-state index contributed by atoms with van der Waals surface area (Å²) in [6.45, 7) is 4.13. The first-order chi connectivity index (χ1) is 7.59. The molecule has 1 saturated carbocycles. The summed E-state index contributed by atoms with van der Waals surface area (Å²) >= 11 is 6.05. The van der Waals surface area contributed by atoms with Crippen molar-refractivity contribution in [1.29, 1.82) is 0 Å². The number of hydrogen-bond donors (Lipinski definition) is 0. The zero-order valence-electron chi connectivity index (χ0n) is 9.79. The molecule has 2 atom stereocenters. The standard InChI is InChI=1S/C14H17ClO/c1-9-4-3-5-12(9)14(16)11-7-6-10(2)13(15)8-11/h6-9,12H,3-5H2,1-2H3. The predicted octanol–water partition coefficient (Wildman–Crippen LogP) is 4.27. The Labute approximate surface area is 102 Å². The third kappa shape index (κ3) is 2.15. The molecular formula is C14H17ClO. The number of carbonyl (C=O) groups excluding carboxylic acids is 1. The van der Waals surface area contributed by atoms with Gasteiger partial charge in [0.25, 0.3) is 0 Å². The number of aryl methyl sites for hydroxylation is 1. The van der Waals surface area contributed by atoms with Crippen LogP contribution in [-0.4, -0.2) is 5.78 Å². The highest BCUT2D eigenvalue weighted by Crippen LogP contribution is 2.34. The Morgan fingerprint density at radius 1 is 1.38 bits per heavy atom. The van der Waals surface area contributed by atoms with Crippen LogP contribution in [0.25, 0.3) is 0 Å². The number of rotatable bonds is 2. The Morgan fingerprint density at radius 2 is 2.12 bits per heavy atom. The van der Waals surface area contributed by atoms with E-state index in [1.807, 2.05) is 25.1 Å². The summed E-state index contributed by atoms with van der Waals surface area (Å²) < 4.78 is 0. The van der Waals surface area contributed by atoms with E-state index >= 15 is 0 Å². The minimum absolute atomic E-state index is 0.207. The van der Waals surface area contributed by atoms with Gasteiger partial charge >= 0.3 is 0 Å². The maximum absolute atomic E-state index is 12.3. The van der Waals surface area contributed by atoms with Crippen LogP contribution in [0, 0.1) is 18.8 Å². The molecule has 1 fully saturated rings. The van der Waals surface area contributed by atoms with Gasteiger partial charge in [-0.2, -0.15) is 0 Å². The van der Waals surface area contributed by atoms with Crippen LogP contribution in [-0.2, 0) is 0 Å². The maximum atomic E-state index is 12.3. The second-order valence-electron chi connectivity index (χ2n) is 4.84. The average molecular weight is 237 g/mol. The van der Waals surface area contributed by atoms with Crippen molar-refractivity contribution >= 4 is 17.4 Å². The summed E-state index contributed by atoms with van der Waals surface area (Å²) in [5, 5.41) is 0.691. The summed E-state index contributed by atoms with van der Waals surface area (Å²) in [5.41, 5.74) is 1.80. The van der Waals surface area contributed by atoms with Crippen molar-refractivity contribution < 1.29 is 4.79 Å². The van der Waals surface area contributed by atoms with Gasteiger partial charge in [-0.05, 0) is 37.3 Å². The number of benzene rings is 1. The lowest BCUT2D eigenvalue weighted by molar-refractivity contribution is 0.0897. The molecule has 2 heteroatoms. The van der Waals surface area contributed by atoms with Gasteiger partial charge in [-0.15, -0.1) is 0 Å². The van der Waals surface area contributed by atoms with Gasteiger partial charge in [0.15, 0.2) is 5.78 Å². The van der Waals surface area contributed by atoms with Gasteiger partial charge in [0, 0.05) is 16.5 Å². The van der Waals surface area contributed by atoms with Crippen molar-refractivity contribution in [2.24, 2.45) is 11.8 Å². The third-order valence-corrected chi connectivity index (χ3v) is 4.06. The highest BCUT2D eigenvalue weighted by molar-refractivity contribution is 6.31. The number of halogens is 1. The molecule has 0 aromatic heterocycles. The number of hydrogen-bond acceptors (Lipinski definition) is 1. The zero-order chi connectivity index (χ0) is 11.7. The smallest absolute Gasteiger partial charge is 0.166 e. The van der Waals surface area contributed by atoms with Gasteiger partial charge in [0.05, 0.1) is 0 Å². The van der Waals surface area contributed by atoms with E-state index in [1.165, 1.54) is 12.8 Å². The minimum Gasteiger partial charge on any atom is -0.294 e. The molecule has 86 valence electrons. The molecule has 0 heterocycles. The van der Waals surface area contributed by atoms with Crippen molar-refractivity contribution in [3.8, 4) is 0 Å². The zero-order valence-corrected chi connectivity index (χ0v) is 10.6. The summed E-state index contributed by atoms with van der Waals surface area (Å²) in [6.07, 6.45) is 3.39. The molecule has 1 aromatic carbocycles. The molecule has 1 aromatic rings. The minimum atomic E-state index is 0.207. The molecule has 1 aliphatic carbocycles. The van der Waals surface area contributed by atoms with Gasteiger partial charge in [-0.1, -0.05) is 37.1 Å². The van der Waals surface area contributed by atoms with Gasteiger partial charge in [0.1, 0.15) is 0 Å². The number of ketones is 1. The molecule has 0 bridgehead atoms. The van der Waals surface area contributed by atoms with Gasteiger partial charge in [-0.25, -0.2) is 0 Å². The van der Waals surface area contributed by atoms with E-state index in [0.29, 0.717) is 10.9 Å². The van der Waals surface area contributed by atoms with Crippen LogP contribution >= 0.6 is 11.6 Å². The molecule has 1 aliphatic rings. The molecule has 0 amide bonds. The van der Waals surface area contributed by atoms with Crippen LogP contribution in [0.3, 0.4) is 0 Å². The first-order valence-corrected chi connectivity index (χ1v) is 6.27. The van der Waals surface area contributed by atoms with Gasteiger partial charge in [0.2, 0.25) is 0 Å². The summed E-state index contributed by atoms with van der Waals surface area (Å²) in [4.78, 5) is 12.3. The third-order valence-electron chi connectivity index (χ3n) is 3.65. The largest absolute Gasteiger partial charge is 0.294 e. The molecule has 1 nitrogen and oxygen atoms in total. The molecule has 0 aliphatic heterocycles. The van der Waals surface area contributed by atoms with Crippen molar-refractivity contribution in [2.75, 3.05) is 0 Å². The van der Waals surface area contributed by atoms with Crippen molar-refractivity contribution in [3.63, 3.8) is 0 Å². The quantitative estimate of drug-likeness (QED) is 0.701. The van der Waals surface area contributed by atoms with E-state index in [2.05, 4.69) is 6.92 Å². The van der Waals surface area contributed by atoms with Crippen LogP contribution in [0.5, 0.6) is 0 Å². The summed E-state index contributed by atoms with van der Waals surface area (Å²) in [6, 6.07) is 5.63. The molecule has 0 spiro atoms. The van der Waals surface area contributed by atoms with Gasteiger partial charge < -0.3 is 0 Å². The topological polar surface area (TPSA) is 17.1 Å². The van der Waals surface area contributed by atoms with E-state index in [-0.39, 0.29) is 11.7 Å². The monoisotopic (exact) mass is 236 g/mol. The molecule has 0 N–H and O–H groups in total. The molecule has 2 unspecified atom stereocenters. The molecule has 16 heavy (non-hydrogen) atoms. The number of Topliss-reactive ketones (excluding diaryl/α,β-unsaturated/α-hetero) is 1. The second-order valence-corrected chi connectivity index (χ2v) is 5.25. The SMILES string of the molecule is Cc1ccc(C(=O)C2CCCC2C)cc1Cl. The fourth-order valence-corrected chi connectivity index (χ4v) is 2.68. The Hall–Kier alpha value is -0.820. The van der Waals surface area contributed by atoms with Crippen LogP contribution in [0.2, 0.25) is 5.02 Å². The summed E-state index contributed by atoms with van der Waals surface area (Å²) in [5.74, 6) is 0.998. The lowest BCUT2D eigenvalue weighted by atomic mass is 9.89. The van der Waals surface area contributed by atoms with E-state index in [1.54, 1.807) is 0 Å². The Morgan fingerprint density at radius 3 is 2.69 bits per heavy atom. The van der Waals surface area contributed by atoms with Crippen LogP contribution in [0.4, 0.5) is 0 Å². The normalized spacial score (nSPS) is 24.7. The van der Waals surface area contributed by atoms with E-state index in [9.17, 15) is 4.79 Å². The van der Waals surface area contributed by atoms with Crippen molar-refractivity contribution in [3.05, 3.63) is 34.3 Å². The van der Waals surface area contributed by atoms with Crippen LogP contribution in [0.15, 0.2) is 18.2 Å². The first-order valence-electron chi connectivity index (χ1n) is 5.90. The Kier molecular flexibility index (Phi) is 3.34. The molecular weight excluding hydrogens is 220 g/mol. The summed E-state index contributed by atoms with van der Waals surface area (Å²) in [7, 11) is 0. The highest BCUT2D eigenvalue weighted by atomic mass is 35.5. The van der Waals surface area contributed by atoms with E-state index < -0.39 is 0 Å². The average Bonchev–Trinajstić information content (AvgIpc) is 2.67. The second kappa shape index (κ2) is 4.58. The lowest BCUT2D eigenvalue weighted by Crippen LogP contribution is -2.17. The Balaban J connectivity index is 2.23. The van der Waals surface area contributed by atoms with Gasteiger partial charge in [-0.3, -0.25) is 4.79 Å². The lowest BCUT2D eigenvalue weighted by Gasteiger charge is -2.14. The van der Waals surface area contributed by atoms with Crippen molar-refractivity contribution in [2.45, 2.75) is 33.1 Å². The molecule has 0 radical (unpaired) electrons. The molecule has 2 rings (SSSR count). The fraction of sp³-hybridized carbons (Fsp3) is 0.500. The fourth-order valence-electron chi connectivity index (χ4n) is 2.50. The van der Waals surface area contributed by atoms with Crippen LogP contribution < -0.4 is 0 Å². The Bertz CT molecular complexity index is 411. The van der Waals surface area contributed by atoms with Crippen LogP contribution in [0.1, 0.15) is 42.1 Å². The first kappa shape index (κ1) is 11.7. The van der Waals surface area contributed by atoms with Crippen molar-refractivity contribution in [1.82, 2.24) is 0 Å². The highest BCUT2D eigenvalue weighted by Gasteiger charge is 2.30. The van der Waals surface area contributed by atoms with E-state index in [4.69, 9.17) is 11.6 Å². The molecule has 0 saturated heterocycles. The maximum Gasteiger partial charge on any atom is 0.166 e.